The summed E-state index contributed by atoms with van der Waals surface area (Å²) >= 11 is 3.21. The fourth-order valence-electron chi connectivity index (χ4n) is 0.886. The fourth-order valence-corrected chi connectivity index (χ4v) is 1.35. The monoisotopic (exact) mass is 210 g/mol. The van der Waals surface area contributed by atoms with Gasteiger partial charge in [0.05, 0.1) is 5.56 Å². The van der Waals surface area contributed by atoms with Crippen LogP contribution in [0.1, 0.15) is 18.1 Å². The predicted molar refractivity (Wildman–Crippen MR) is 46.0 cm³/mol. The zero-order valence-corrected chi connectivity index (χ0v) is 7.72. The lowest BCUT2D eigenvalue weighted by Gasteiger charge is -1.99. The first-order valence-electron chi connectivity index (χ1n) is 3.33. The van der Waals surface area contributed by atoms with Gasteiger partial charge in [-0.3, -0.25) is 0 Å². The molecule has 56 valence electrons. The fraction of sp³-hybridized carbons (Fsp3) is 0.250. The second-order valence-electron chi connectivity index (χ2n) is 2.10. The maximum atomic E-state index is 8.71. The van der Waals surface area contributed by atoms with Crippen LogP contribution in [0.25, 0.3) is 0 Å². The van der Waals surface area contributed by atoms with Crippen molar-refractivity contribution >= 4 is 15.9 Å². The summed E-state index contributed by atoms with van der Waals surface area (Å²) in [5.41, 5.74) is 1.68. The quantitative estimate of drug-likeness (QED) is 0.668. The third-order valence-corrected chi connectivity index (χ3v) is 2.08. The van der Waals surface area contributed by atoms with Gasteiger partial charge in [0.1, 0.15) is 10.7 Å². The Morgan fingerprint density at radius 2 is 2.45 bits per heavy atom. The van der Waals surface area contributed by atoms with Crippen LogP contribution in [0, 0.1) is 11.3 Å². The summed E-state index contributed by atoms with van der Waals surface area (Å²) in [5, 5.41) is 8.71. The molecule has 1 aromatic heterocycles. The summed E-state index contributed by atoms with van der Waals surface area (Å²) in [6.45, 7) is 2.02. The number of hydrogen-bond acceptors (Lipinski definition) is 2. The topological polar surface area (TPSA) is 36.7 Å². The van der Waals surface area contributed by atoms with Gasteiger partial charge in [0, 0.05) is 6.20 Å². The van der Waals surface area contributed by atoms with Crippen molar-refractivity contribution in [3.05, 3.63) is 28.0 Å². The Kier molecular flexibility index (Phi) is 2.61. The van der Waals surface area contributed by atoms with E-state index >= 15 is 0 Å². The van der Waals surface area contributed by atoms with Crippen molar-refractivity contribution in [3.8, 4) is 6.07 Å². The molecule has 2 nitrogen and oxygen atoms in total. The van der Waals surface area contributed by atoms with E-state index in [0.29, 0.717) is 10.2 Å². The summed E-state index contributed by atoms with van der Waals surface area (Å²) in [5.74, 6) is 0. The lowest BCUT2D eigenvalue weighted by atomic mass is 10.1. The molecule has 0 N–H and O–H groups in total. The lowest BCUT2D eigenvalue weighted by molar-refractivity contribution is 1.09. The molecule has 0 saturated heterocycles. The van der Waals surface area contributed by atoms with Crippen molar-refractivity contribution in [1.82, 2.24) is 4.98 Å². The van der Waals surface area contributed by atoms with Gasteiger partial charge in [-0.25, -0.2) is 4.98 Å². The lowest BCUT2D eigenvalue weighted by Crippen LogP contribution is -1.90. The highest BCUT2D eigenvalue weighted by molar-refractivity contribution is 9.10. The zero-order chi connectivity index (χ0) is 8.27. The Labute approximate surface area is 74.0 Å². The van der Waals surface area contributed by atoms with Crippen LogP contribution < -0.4 is 0 Å². The normalized spacial score (nSPS) is 9.18. The van der Waals surface area contributed by atoms with Gasteiger partial charge in [-0.2, -0.15) is 5.26 Å². The largest absolute Gasteiger partial charge is 0.248 e. The highest BCUT2D eigenvalue weighted by Crippen LogP contribution is 2.16. The molecule has 0 spiro atoms. The van der Waals surface area contributed by atoms with Crippen molar-refractivity contribution < 1.29 is 0 Å². The molecule has 11 heavy (non-hydrogen) atoms. The highest BCUT2D eigenvalue weighted by Gasteiger charge is 2.03. The van der Waals surface area contributed by atoms with Gasteiger partial charge in [0.15, 0.2) is 0 Å². The number of nitrogens with zero attached hydrogens (tertiary/aromatic N) is 2. The predicted octanol–water partition coefficient (Wildman–Crippen LogP) is 2.28. The van der Waals surface area contributed by atoms with Crippen molar-refractivity contribution in [2.75, 3.05) is 0 Å². The Morgan fingerprint density at radius 1 is 1.73 bits per heavy atom. The molecule has 0 aliphatic carbocycles. The van der Waals surface area contributed by atoms with Crippen molar-refractivity contribution in [2.45, 2.75) is 13.3 Å². The number of halogens is 1. The first kappa shape index (κ1) is 8.22. The summed E-state index contributed by atoms with van der Waals surface area (Å²) in [4.78, 5) is 3.95. The summed E-state index contributed by atoms with van der Waals surface area (Å²) in [6.07, 6.45) is 2.56. The number of aryl methyl sites for hydroxylation is 1. The van der Waals surface area contributed by atoms with Crippen LogP contribution in [-0.2, 0) is 6.42 Å². The van der Waals surface area contributed by atoms with Gasteiger partial charge in [0.25, 0.3) is 0 Å². The van der Waals surface area contributed by atoms with Gasteiger partial charge in [-0.05, 0) is 34.0 Å². The number of nitriles is 1. The molecule has 0 aromatic carbocycles. The minimum atomic E-state index is 0.638. The molecule has 0 aliphatic heterocycles. The molecule has 0 unspecified atom stereocenters. The molecule has 0 amide bonds. The van der Waals surface area contributed by atoms with Crippen LogP contribution in [0.2, 0.25) is 0 Å². The Balaban J connectivity index is 3.27. The van der Waals surface area contributed by atoms with E-state index in [9.17, 15) is 0 Å². The SMILES string of the molecule is CCc1ccnc(Br)c1C#N. The van der Waals surface area contributed by atoms with E-state index in [1.165, 1.54) is 0 Å². The van der Waals surface area contributed by atoms with Crippen molar-refractivity contribution in [2.24, 2.45) is 0 Å². The maximum Gasteiger partial charge on any atom is 0.124 e. The third kappa shape index (κ3) is 1.58. The second kappa shape index (κ2) is 3.49. The van der Waals surface area contributed by atoms with Crippen molar-refractivity contribution in [3.63, 3.8) is 0 Å². The Morgan fingerprint density at radius 3 is 2.91 bits per heavy atom. The Bertz CT molecular complexity index is 301. The average molecular weight is 211 g/mol. The molecular weight excluding hydrogens is 204 g/mol. The van der Waals surface area contributed by atoms with Crippen molar-refractivity contribution in [1.29, 1.82) is 5.26 Å². The smallest absolute Gasteiger partial charge is 0.124 e. The molecule has 0 fully saturated rings. The number of rotatable bonds is 1. The molecule has 0 radical (unpaired) electrons. The first-order chi connectivity index (χ1) is 5.29. The molecule has 0 aliphatic rings. The van der Waals surface area contributed by atoms with Gasteiger partial charge in [-0.15, -0.1) is 0 Å². The maximum absolute atomic E-state index is 8.71. The van der Waals surface area contributed by atoms with Crippen LogP contribution in [0.15, 0.2) is 16.9 Å². The highest BCUT2D eigenvalue weighted by atomic mass is 79.9. The zero-order valence-electron chi connectivity index (χ0n) is 6.13. The van der Waals surface area contributed by atoms with E-state index in [1.807, 2.05) is 13.0 Å². The standard InChI is InChI=1S/C8H7BrN2/c1-2-6-3-4-11-8(9)7(6)5-10/h3-4H,2H2,1H3. The van der Waals surface area contributed by atoms with E-state index in [0.717, 1.165) is 12.0 Å². The van der Waals surface area contributed by atoms with E-state index in [2.05, 4.69) is 27.0 Å². The molecule has 1 rings (SSSR count). The molecule has 1 aromatic rings. The summed E-state index contributed by atoms with van der Waals surface area (Å²) in [7, 11) is 0. The number of aromatic nitrogens is 1. The third-order valence-electron chi connectivity index (χ3n) is 1.48. The molecule has 3 heteroatoms. The summed E-state index contributed by atoms with van der Waals surface area (Å²) < 4.78 is 0.638. The van der Waals surface area contributed by atoms with Crippen LogP contribution in [0.5, 0.6) is 0 Å². The molecule has 1 heterocycles. The number of pyridine rings is 1. The van der Waals surface area contributed by atoms with Gasteiger partial charge in [-0.1, -0.05) is 6.92 Å². The first-order valence-corrected chi connectivity index (χ1v) is 4.12. The van der Waals surface area contributed by atoms with E-state index < -0.39 is 0 Å². The average Bonchev–Trinajstić information content (AvgIpc) is 2.04. The molecule has 0 saturated carbocycles. The van der Waals surface area contributed by atoms with Crippen LogP contribution in [0.3, 0.4) is 0 Å². The summed E-state index contributed by atoms with van der Waals surface area (Å²) in [6, 6.07) is 3.97. The van der Waals surface area contributed by atoms with Crippen LogP contribution in [0.4, 0.5) is 0 Å². The minimum Gasteiger partial charge on any atom is -0.248 e. The van der Waals surface area contributed by atoms with Gasteiger partial charge in [0.2, 0.25) is 0 Å². The van der Waals surface area contributed by atoms with E-state index in [-0.39, 0.29) is 0 Å². The van der Waals surface area contributed by atoms with Crippen LogP contribution in [-0.4, -0.2) is 4.98 Å². The number of hydrogen-bond donors (Lipinski definition) is 0. The Hall–Kier alpha value is -0.880. The second-order valence-corrected chi connectivity index (χ2v) is 2.85. The van der Waals surface area contributed by atoms with Crippen LogP contribution >= 0.6 is 15.9 Å². The van der Waals surface area contributed by atoms with Gasteiger partial charge >= 0.3 is 0 Å². The molecular formula is C8H7BrN2. The van der Waals surface area contributed by atoms with E-state index in [4.69, 9.17) is 5.26 Å². The molecule has 0 atom stereocenters. The minimum absolute atomic E-state index is 0.638. The van der Waals surface area contributed by atoms with Gasteiger partial charge < -0.3 is 0 Å². The van der Waals surface area contributed by atoms with E-state index in [1.54, 1.807) is 6.20 Å². The molecule has 0 bridgehead atoms.